The van der Waals surface area contributed by atoms with Gasteiger partial charge < -0.3 is 4.74 Å². The van der Waals surface area contributed by atoms with E-state index in [2.05, 4.69) is 29.6 Å². The molecule has 2 unspecified atom stereocenters. The van der Waals surface area contributed by atoms with Gasteiger partial charge in [-0.25, -0.2) is 5.43 Å². The Morgan fingerprint density at radius 2 is 1.88 bits per heavy atom. The summed E-state index contributed by atoms with van der Waals surface area (Å²) in [4.78, 5) is 12.3. The fourth-order valence-corrected chi connectivity index (χ4v) is 3.66. The van der Waals surface area contributed by atoms with E-state index in [-0.39, 0.29) is 11.8 Å². The maximum Gasteiger partial charge on any atom is 0.243 e. The molecule has 1 aromatic carbocycles. The van der Waals surface area contributed by atoms with Gasteiger partial charge in [-0.05, 0) is 73.8 Å². The van der Waals surface area contributed by atoms with Crippen LogP contribution >= 0.6 is 0 Å². The molecule has 1 amide bonds. The smallest absolute Gasteiger partial charge is 0.243 e. The van der Waals surface area contributed by atoms with Crippen LogP contribution < -0.4 is 10.2 Å². The number of carbonyl (C=O) groups excluding carboxylic acids is 1. The number of carbonyl (C=O) groups is 1. The molecule has 4 nitrogen and oxygen atoms in total. The number of fused-ring (bicyclic) bond motifs is 1. The number of rotatable bonds is 7. The van der Waals surface area contributed by atoms with Gasteiger partial charge in [0.25, 0.3) is 0 Å². The van der Waals surface area contributed by atoms with Crippen molar-refractivity contribution in [1.29, 1.82) is 0 Å². The summed E-state index contributed by atoms with van der Waals surface area (Å²) >= 11 is 0. The topological polar surface area (TPSA) is 50.7 Å². The second-order valence-electron chi connectivity index (χ2n) is 6.98. The summed E-state index contributed by atoms with van der Waals surface area (Å²) in [7, 11) is 0. The van der Waals surface area contributed by atoms with Crippen LogP contribution in [0.15, 0.2) is 41.5 Å². The summed E-state index contributed by atoms with van der Waals surface area (Å²) in [5, 5.41) is 4.13. The number of nitrogens with zero attached hydrogens (tertiary/aromatic N) is 1. The fourth-order valence-electron chi connectivity index (χ4n) is 3.66. The second-order valence-corrected chi connectivity index (χ2v) is 6.98. The van der Waals surface area contributed by atoms with Gasteiger partial charge in [0.05, 0.1) is 12.8 Å². The highest BCUT2D eigenvalue weighted by Gasteiger charge is 2.53. The molecular weight excluding hydrogens is 312 g/mol. The highest BCUT2D eigenvalue weighted by molar-refractivity contribution is 5.85. The maximum atomic E-state index is 12.3. The Kier molecular flexibility index (Phi) is 6.26. The third-order valence-electron chi connectivity index (χ3n) is 5.17. The van der Waals surface area contributed by atoms with Crippen molar-refractivity contribution in [2.45, 2.75) is 45.4 Å². The van der Waals surface area contributed by atoms with Gasteiger partial charge in [0.1, 0.15) is 5.75 Å². The molecule has 0 heterocycles. The van der Waals surface area contributed by atoms with Crippen LogP contribution in [0.3, 0.4) is 0 Å². The monoisotopic (exact) mass is 340 g/mol. The lowest BCUT2D eigenvalue weighted by molar-refractivity contribution is -0.122. The Morgan fingerprint density at radius 1 is 1.20 bits per heavy atom. The van der Waals surface area contributed by atoms with Crippen LogP contribution in [-0.4, -0.2) is 18.7 Å². The van der Waals surface area contributed by atoms with Crippen LogP contribution in [0.2, 0.25) is 0 Å². The first kappa shape index (κ1) is 17.7. The van der Waals surface area contributed by atoms with Gasteiger partial charge >= 0.3 is 0 Å². The van der Waals surface area contributed by atoms with Crippen molar-refractivity contribution in [2.75, 3.05) is 6.61 Å². The first-order valence-electron chi connectivity index (χ1n) is 9.50. The van der Waals surface area contributed by atoms with Gasteiger partial charge in [0.15, 0.2) is 0 Å². The summed E-state index contributed by atoms with van der Waals surface area (Å²) in [6.07, 6.45) is 12.8. The highest BCUT2D eigenvalue weighted by Crippen LogP contribution is 2.52. The van der Waals surface area contributed by atoms with Gasteiger partial charge in [-0.15, -0.1) is 0 Å². The van der Waals surface area contributed by atoms with E-state index >= 15 is 0 Å². The largest absolute Gasteiger partial charge is 0.494 e. The van der Waals surface area contributed by atoms with Crippen molar-refractivity contribution >= 4 is 12.1 Å². The van der Waals surface area contributed by atoms with Crippen molar-refractivity contribution in [3.63, 3.8) is 0 Å². The SMILES string of the molecule is CCCCOc1ccc(/C=N/NC(=O)C2C3CC/C=C\CCC32)cc1. The Labute approximate surface area is 150 Å². The van der Waals surface area contributed by atoms with Gasteiger partial charge in [0, 0.05) is 5.92 Å². The normalized spacial score (nSPS) is 26.4. The van der Waals surface area contributed by atoms with Gasteiger partial charge in [-0.1, -0.05) is 25.5 Å². The van der Waals surface area contributed by atoms with Crippen LogP contribution in [-0.2, 0) is 4.79 Å². The molecule has 25 heavy (non-hydrogen) atoms. The third kappa shape index (κ3) is 4.94. The number of hydrazone groups is 1. The Morgan fingerprint density at radius 3 is 2.52 bits per heavy atom. The molecule has 0 aromatic heterocycles. The van der Waals surface area contributed by atoms with Crippen molar-refractivity contribution in [3.8, 4) is 5.75 Å². The third-order valence-corrected chi connectivity index (χ3v) is 5.17. The molecule has 2 aliphatic carbocycles. The average molecular weight is 340 g/mol. The molecule has 0 radical (unpaired) electrons. The van der Waals surface area contributed by atoms with E-state index in [0.717, 1.165) is 56.4 Å². The van der Waals surface area contributed by atoms with E-state index < -0.39 is 0 Å². The minimum Gasteiger partial charge on any atom is -0.494 e. The molecular formula is C21H28N2O2. The number of ether oxygens (including phenoxy) is 1. The summed E-state index contributed by atoms with van der Waals surface area (Å²) in [5.41, 5.74) is 3.68. The number of hydrogen-bond donors (Lipinski definition) is 1. The minimum atomic E-state index is 0.0765. The van der Waals surface area contributed by atoms with Crippen LogP contribution in [0.4, 0.5) is 0 Å². The molecule has 0 spiro atoms. The summed E-state index contributed by atoms with van der Waals surface area (Å²) in [6, 6.07) is 7.78. The van der Waals surface area contributed by atoms with E-state index in [0.29, 0.717) is 11.8 Å². The number of nitrogens with one attached hydrogen (secondary N) is 1. The summed E-state index contributed by atoms with van der Waals surface area (Å²) < 4.78 is 5.64. The van der Waals surface area contributed by atoms with Crippen LogP contribution in [0, 0.1) is 17.8 Å². The second kappa shape index (κ2) is 8.84. The zero-order valence-corrected chi connectivity index (χ0v) is 15.0. The molecule has 1 fully saturated rings. The van der Waals surface area contributed by atoms with Gasteiger partial charge in [0.2, 0.25) is 5.91 Å². The Hall–Kier alpha value is -2.10. The lowest BCUT2D eigenvalue weighted by atomic mass is 10.1. The highest BCUT2D eigenvalue weighted by atomic mass is 16.5. The van der Waals surface area contributed by atoms with E-state index in [1.54, 1.807) is 6.21 Å². The van der Waals surface area contributed by atoms with Crippen LogP contribution in [0.1, 0.15) is 51.0 Å². The first-order chi connectivity index (χ1) is 12.3. The molecule has 0 saturated heterocycles. The van der Waals surface area contributed by atoms with Crippen LogP contribution in [0.25, 0.3) is 0 Å². The van der Waals surface area contributed by atoms with E-state index in [1.165, 1.54) is 0 Å². The molecule has 2 aliphatic rings. The summed E-state index contributed by atoms with van der Waals surface area (Å²) in [5.74, 6) is 2.22. The number of amides is 1. The summed E-state index contributed by atoms with van der Waals surface area (Å²) in [6.45, 7) is 2.90. The molecule has 2 atom stereocenters. The van der Waals surface area contributed by atoms with Crippen molar-refractivity contribution in [3.05, 3.63) is 42.0 Å². The van der Waals surface area contributed by atoms with E-state index in [4.69, 9.17) is 4.74 Å². The predicted octanol–water partition coefficient (Wildman–Crippen LogP) is 4.31. The predicted molar refractivity (Wildman–Crippen MR) is 101 cm³/mol. The van der Waals surface area contributed by atoms with Crippen molar-refractivity contribution in [2.24, 2.45) is 22.9 Å². The molecule has 0 bridgehead atoms. The standard InChI is InChI=1S/C21H28N2O2/c1-2-3-14-25-17-12-10-16(11-13-17)15-22-23-21(24)20-18-8-6-4-5-7-9-19(18)20/h4-5,10-13,15,18-20H,2-3,6-9,14H2,1H3,(H,23,24)/b5-4-,22-15+. The molecule has 3 rings (SSSR count). The lowest BCUT2D eigenvalue weighted by Gasteiger charge is -2.04. The van der Waals surface area contributed by atoms with Crippen LogP contribution in [0.5, 0.6) is 5.75 Å². The van der Waals surface area contributed by atoms with Crippen molar-refractivity contribution < 1.29 is 9.53 Å². The van der Waals surface area contributed by atoms with Gasteiger partial charge in [-0.2, -0.15) is 5.10 Å². The Balaban J connectivity index is 1.44. The zero-order valence-electron chi connectivity index (χ0n) is 15.0. The van der Waals surface area contributed by atoms with Gasteiger partial charge in [-0.3, -0.25) is 4.79 Å². The van der Waals surface area contributed by atoms with E-state index in [1.807, 2.05) is 24.3 Å². The number of unbranched alkanes of at least 4 members (excludes halogenated alkanes) is 1. The molecule has 0 aliphatic heterocycles. The molecule has 1 N–H and O–H groups in total. The zero-order chi connectivity index (χ0) is 17.5. The fraction of sp³-hybridized carbons (Fsp3) is 0.524. The quantitative estimate of drug-likeness (QED) is 0.348. The molecule has 1 saturated carbocycles. The molecule has 4 heteroatoms. The maximum absolute atomic E-state index is 12.3. The first-order valence-corrected chi connectivity index (χ1v) is 9.50. The van der Waals surface area contributed by atoms with E-state index in [9.17, 15) is 4.79 Å². The number of hydrogen-bond acceptors (Lipinski definition) is 3. The Bertz CT molecular complexity index is 605. The molecule has 1 aromatic rings. The lowest BCUT2D eigenvalue weighted by Crippen LogP contribution is -2.21. The van der Waals surface area contributed by atoms with Crippen molar-refractivity contribution in [1.82, 2.24) is 5.43 Å². The number of allylic oxidation sites excluding steroid dienone is 2. The average Bonchev–Trinajstić information content (AvgIpc) is 3.27. The molecule has 134 valence electrons. The number of benzene rings is 1. The minimum absolute atomic E-state index is 0.0765.